The van der Waals surface area contributed by atoms with E-state index in [1.54, 1.807) is 6.07 Å². The first-order valence-electron chi connectivity index (χ1n) is 3.85. The van der Waals surface area contributed by atoms with Gasteiger partial charge >= 0.3 is 0 Å². The van der Waals surface area contributed by atoms with Gasteiger partial charge in [-0.05, 0) is 24.6 Å². The van der Waals surface area contributed by atoms with Crippen molar-refractivity contribution in [1.82, 2.24) is 0 Å². The van der Waals surface area contributed by atoms with Crippen LogP contribution in [0.2, 0.25) is 5.02 Å². The first kappa shape index (κ1) is 12.7. The first-order valence-corrected chi connectivity index (χ1v) is 4.23. The maximum Gasteiger partial charge on any atom is 0.128 e. The highest BCUT2D eigenvalue weighted by Crippen LogP contribution is 2.21. The Morgan fingerprint density at radius 1 is 1.54 bits per heavy atom. The minimum Gasteiger partial charge on any atom is -0.324 e. The first-order chi connectivity index (χ1) is 5.65. The molecule has 1 aromatic rings. The lowest BCUT2D eigenvalue weighted by atomic mass is 10.1. The molecule has 0 bridgehead atoms. The zero-order valence-electron chi connectivity index (χ0n) is 7.26. The smallest absolute Gasteiger partial charge is 0.128 e. The fourth-order valence-electron chi connectivity index (χ4n) is 1.02. The molecular formula is C9H12Cl2FN. The predicted molar refractivity (Wildman–Crippen MR) is 55.9 cm³/mol. The molecule has 0 aliphatic carbocycles. The summed E-state index contributed by atoms with van der Waals surface area (Å²) in [5.74, 6) is -0.284. The van der Waals surface area contributed by atoms with Gasteiger partial charge in [-0.15, -0.1) is 12.4 Å². The Balaban J connectivity index is 0.00000144. The van der Waals surface area contributed by atoms with Crippen LogP contribution in [0, 0.1) is 5.82 Å². The van der Waals surface area contributed by atoms with Gasteiger partial charge in [0.05, 0.1) is 0 Å². The third-order valence-electron chi connectivity index (χ3n) is 1.80. The van der Waals surface area contributed by atoms with E-state index < -0.39 is 0 Å². The maximum atomic E-state index is 13.1. The van der Waals surface area contributed by atoms with Crippen molar-refractivity contribution in [2.24, 2.45) is 5.73 Å². The van der Waals surface area contributed by atoms with E-state index in [-0.39, 0.29) is 24.3 Å². The molecule has 0 fully saturated rings. The lowest BCUT2D eigenvalue weighted by Gasteiger charge is -2.09. The average molecular weight is 224 g/mol. The summed E-state index contributed by atoms with van der Waals surface area (Å²) in [6.07, 6.45) is 0.706. The van der Waals surface area contributed by atoms with Crippen LogP contribution in [0.4, 0.5) is 4.39 Å². The van der Waals surface area contributed by atoms with Gasteiger partial charge < -0.3 is 5.73 Å². The molecule has 1 atom stereocenters. The van der Waals surface area contributed by atoms with E-state index in [4.69, 9.17) is 17.3 Å². The second kappa shape index (κ2) is 5.43. The van der Waals surface area contributed by atoms with Crippen LogP contribution in [-0.4, -0.2) is 0 Å². The van der Waals surface area contributed by atoms with Crippen LogP contribution in [-0.2, 0) is 0 Å². The molecule has 1 nitrogen and oxygen atoms in total. The Morgan fingerprint density at radius 2 is 2.15 bits per heavy atom. The lowest BCUT2D eigenvalue weighted by molar-refractivity contribution is 0.575. The topological polar surface area (TPSA) is 26.0 Å². The molecule has 13 heavy (non-hydrogen) atoms. The van der Waals surface area contributed by atoms with Crippen LogP contribution in [0.25, 0.3) is 0 Å². The molecule has 1 aromatic carbocycles. The predicted octanol–water partition coefficient (Wildman–Crippen LogP) is 3.31. The summed E-state index contributed by atoms with van der Waals surface area (Å²) in [7, 11) is 0. The lowest BCUT2D eigenvalue weighted by Crippen LogP contribution is -2.10. The van der Waals surface area contributed by atoms with Crippen LogP contribution in [0.15, 0.2) is 18.2 Å². The molecule has 0 radical (unpaired) electrons. The second-order valence-corrected chi connectivity index (χ2v) is 3.12. The zero-order chi connectivity index (χ0) is 9.14. The van der Waals surface area contributed by atoms with E-state index in [9.17, 15) is 4.39 Å². The summed E-state index contributed by atoms with van der Waals surface area (Å²) < 4.78 is 13.1. The van der Waals surface area contributed by atoms with Crippen molar-refractivity contribution in [3.8, 4) is 0 Å². The Hall–Kier alpha value is -0.310. The molecule has 4 heteroatoms. The molecule has 74 valence electrons. The summed E-state index contributed by atoms with van der Waals surface area (Å²) in [6, 6.07) is 4.17. The monoisotopic (exact) mass is 223 g/mol. The molecule has 0 saturated heterocycles. The van der Waals surface area contributed by atoms with Crippen molar-refractivity contribution >= 4 is 24.0 Å². The average Bonchev–Trinajstić information content (AvgIpc) is 2.08. The van der Waals surface area contributed by atoms with E-state index >= 15 is 0 Å². The minimum atomic E-state index is -0.284. The largest absolute Gasteiger partial charge is 0.324 e. The van der Waals surface area contributed by atoms with Gasteiger partial charge in [-0.1, -0.05) is 18.5 Å². The number of hydrogen-bond donors (Lipinski definition) is 1. The van der Waals surface area contributed by atoms with Crippen LogP contribution in [0.3, 0.4) is 0 Å². The van der Waals surface area contributed by atoms with Gasteiger partial charge in [-0.2, -0.15) is 0 Å². The highest BCUT2D eigenvalue weighted by atomic mass is 35.5. The van der Waals surface area contributed by atoms with Crippen molar-refractivity contribution in [3.05, 3.63) is 34.6 Å². The van der Waals surface area contributed by atoms with Gasteiger partial charge in [-0.3, -0.25) is 0 Å². The highest BCUT2D eigenvalue weighted by molar-refractivity contribution is 6.30. The fourth-order valence-corrected chi connectivity index (χ4v) is 1.20. The van der Waals surface area contributed by atoms with Crippen molar-refractivity contribution in [3.63, 3.8) is 0 Å². The maximum absolute atomic E-state index is 13.1. The SMILES string of the molecule is CC[C@@H](N)c1cc(Cl)ccc1F.Cl. The normalized spacial score (nSPS) is 12.0. The van der Waals surface area contributed by atoms with Gasteiger partial charge in [0, 0.05) is 16.6 Å². The molecule has 0 amide bonds. The molecule has 1 rings (SSSR count). The standard InChI is InChI=1S/C9H11ClFN.ClH/c1-2-9(12)7-5-6(10)3-4-8(7)11;/h3-5,9H,2,12H2,1H3;1H/t9-;/m1./s1. The van der Waals surface area contributed by atoms with Crippen molar-refractivity contribution < 1.29 is 4.39 Å². The molecule has 2 N–H and O–H groups in total. The zero-order valence-corrected chi connectivity index (χ0v) is 8.83. The second-order valence-electron chi connectivity index (χ2n) is 2.68. The van der Waals surface area contributed by atoms with Crippen LogP contribution in [0.1, 0.15) is 24.9 Å². The Morgan fingerprint density at radius 3 is 2.69 bits per heavy atom. The molecule has 0 spiro atoms. The van der Waals surface area contributed by atoms with Gasteiger partial charge in [0.25, 0.3) is 0 Å². The summed E-state index contributed by atoms with van der Waals surface area (Å²) in [5.41, 5.74) is 6.16. The number of halogens is 3. The third-order valence-corrected chi connectivity index (χ3v) is 2.03. The number of hydrogen-bond acceptors (Lipinski definition) is 1. The van der Waals surface area contributed by atoms with E-state index in [0.717, 1.165) is 0 Å². The van der Waals surface area contributed by atoms with E-state index in [1.807, 2.05) is 6.92 Å². The molecular weight excluding hydrogens is 212 g/mol. The molecule has 0 aliphatic rings. The molecule has 0 heterocycles. The van der Waals surface area contributed by atoms with Crippen LogP contribution < -0.4 is 5.73 Å². The Bertz CT molecular complexity index is 278. The molecule has 0 aliphatic heterocycles. The van der Waals surface area contributed by atoms with Crippen LogP contribution >= 0.6 is 24.0 Å². The molecule has 0 unspecified atom stereocenters. The highest BCUT2D eigenvalue weighted by Gasteiger charge is 2.09. The van der Waals surface area contributed by atoms with E-state index in [1.165, 1.54) is 12.1 Å². The number of benzene rings is 1. The van der Waals surface area contributed by atoms with E-state index in [0.29, 0.717) is 17.0 Å². The summed E-state index contributed by atoms with van der Waals surface area (Å²) in [5, 5.41) is 0.523. The number of nitrogens with two attached hydrogens (primary N) is 1. The summed E-state index contributed by atoms with van der Waals surface area (Å²) in [4.78, 5) is 0. The van der Waals surface area contributed by atoms with Gasteiger partial charge in [-0.25, -0.2) is 4.39 Å². The van der Waals surface area contributed by atoms with E-state index in [2.05, 4.69) is 0 Å². The van der Waals surface area contributed by atoms with Crippen molar-refractivity contribution in [2.75, 3.05) is 0 Å². The van der Waals surface area contributed by atoms with Gasteiger partial charge in [0.15, 0.2) is 0 Å². The minimum absolute atomic E-state index is 0. The number of rotatable bonds is 2. The Labute approximate surface area is 88.5 Å². The fraction of sp³-hybridized carbons (Fsp3) is 0.333. The summed E-state index contributed by atoms with van der Waals surface area (Å²) in [6.45, 7) is 1.91. The van der Waals surface area contributed by atoms with Gasteiger partial charge in [0.2, 0.25) is 0 Å². The summed E-state index contributed by atoms with van der Waals surface area (Å²) >= 11 is 5.70. The van der Waals surface area contributed by atoms with Crippen molar-refractivity contribution in [2.45, 2.75) is 19.4 Å². The van der Waals surface area contributed by atoms with Crippen molar-refractivity contribution in [1.29, 1.82) is 0 Å². The van der Waals surface area contributed by atoms with Gasteiger partial charge in [0.1, 0.15) is 5.82 Å². The Kier molecular flexibility index (Phi) is 5.30. The molecule has 0 aromatic heterocycles. The van der Waals surface area contributed by atoms with Crippen LogP contribution in [0.5, 0.6) is 0 Å². The third kappa shape index (κ3) is 3.14. The quantitative estimate of drug-likeness (QED) is 0.819. The molecule has 0 saturated carbocycles.